The van der Waals surface area contributed by atoms with Crippen molar-refractivity contribution in [3.63, 3.8) is 0 Å². The zero-order valence-corrected chi connectivity index (χ0v) is 12.6. The zero-order chi connectivity index (χ0) is 15.8. The first kappa shape index (κ1) is 13.7. The number of nitrogens with zero attached hydrogens (tertiary/aromatic N) is 2. The number of amides is 1. The number of aliphatic imine (C=N–C) groups is 1. The minimum Gasteiger partial charge on any atom is -0.346 e. The van der Waals surface area contributed by atoms with E-state index in [1.807, 2.05) is 30.5 Å². The van der Waals surface area contributed by atoms with Crippen LogP contribution in [0.15, 0.2) is 59.5 Å². The average Bonchev–Trinajstić information content (AvgIpc) is 3.13. The predicted molar refractivity (Wildman–Crippen MR) is 90.2 cm³/mol. The van der Waals surface area contributed by atoms with Crippen molar-refractivity contribution in [1.29, 1.82) is 0 Å². The standard InChI is InChI=1S/C17H11ClN4O/c18-12-5-3-10(4-6-12)15-21-14(17(23)22-15)8-11-9-20-16-13(11)2-1-7-19-16/h1-9H,(H,19,20)(H,21,22,23)/b14-8-. The van der Waals surface area contributed by atoms with Crippen LogP contribution in [0.3, 0.4) is 0 Å². The Labute approximate surface area is 136 Å². The number of fused-ring (bicyclic) bond motifs is 1. The van der Waals surface area contributed by atoms with Gasteiger partial charge < -0.3 is 10.3 Å². The molecule has 0 aliphatic carbocycles. The normalized spacial score (nSPS) is 16.0. The van der Waals surface area contributed by atoms with Gasteiger partial charge in [-0.05, 0) is 42.5 Å². The van der Waals surface area contributed by atoms with Crippen molar-refractivity contribution in [3.8, 4) is 0 Å². The number of benzene rings is 1. The van der Waals surface area contributed by atoms with E-state index in [0.29, 0.717) is 16.6 Å². The van der Waals surface area contributed by atoms with E-state index in [-0.39, 0.29) is 5.91 Å². The molecule has 0 radical (unpaired) electrons. The Balaban J connectivity index is 1.73. The van der Waals surface area contributed by atoms with E-state index in [2.05, 4.69) is 20.3 Å². The smallest absolute Gasteiger partial charge is 0.275 e. The summed E-state index contributed by atoms with van der Waals surface area (Å²) in [5.41, 5.74) is 2.82. The summed E-state index contributed by atoms with van der Waals surface area (Å²) in [6, 6.07) is 11.0. The quantitative estimate of drug-likeness (QED) is 0.712. The number of hydrogen-bond donors (Lipinski definition) is 2. The van der Waals surface area contributed by atoms with Crippen molar-refractivity contribution >= 4 is 40.5 Å². The Kier molecular flexibility index (Phi) is 3.20. The molecule has 5 nitrogen and oxygen atoms in total. The molecule has 4 rings (SSSR count). The molecule has 0 spiro atoms. The molecule has 0 saturated heterocycles. The number of amidine groups is 1. The summed E-state index contributed by atoms with van der Waals surface area (Å²) < 4.78 is 0. The van der Waals surface area contributed by atoms with Crippen LogP contribution in [0.4, 0.5) is 0 Å². The highest BCUT2D eigenvalue weighted by Crippen LogP contribution is 2.21. The van der Waals surface area contributed by atoms with Gasteiger partial charge in [0.05, 0.1) is 0 Å². The third-order valence-electron chi connectivity index (χ3n) is 3.59. The van der Waals surface area contributed by atoms with E-state index in [9.17, 15) is 4.79 Å². The fraction of sp³-hybridized carbons (Fsp3) is 0. The molecule has 0 atom stereocenters. The lowest BCUT2D eigenvalue weighted by molar-refractivity contribution is -0.115. The van der Waals surface area contributed by atoms with Crippen LogP contribution in [0.25, 0.3) is 17.1 Å². The lowest BCUT2D eigenvalue weighted by atomic mass is 10.2. The van der Waals surface area contributed by atoms with Gasteiger partial charge in [0.1, 0.15) is 17.2 Å². The summed E-state index contributed by atoms with van der Waals surface area (Å²) in [5.74, 6) is 0.295. The second-order valence-corrected chi connectivity index (χ2v) is 5.53. The van der Waals surface area contributed by atoms with E-state index in [0.717, 1.165) is 22.2 Å². The molecular formula is C17H11ClN4O. The molecule has 1 aliphatic rings. The summed E-state index contributed by atoms with van der Waals surface area (Å²) in [5, 5.41) is 4.36. The van der Waals surface area contributed by atoms with Crippen LogP contribution in [-0.4, -0.2) is 21.7 Å². The molecule has 2 N–H and O–H groups in total. The highest BCUT2D eigenvalue weighted by Gasteiger charge is 2.21. The van der Waals surface area contributed by atoms with Crippen LogP contribution in [-0.2, 0) is 4.79 Å². The van der Waals surface area contributed by atoms with Gasteiger partial charge in [0.15, 0.2) is 0 Å². The topological polar surface area (TPSA) is 70.1 Å². The van der Waals surface area contributed by atoms with Crippen LogP contribution in [0, 0.1) is 0 Å². The predicted octanol–water partition coefficient (Wildman–Crippen LogP) is 3.13. The highest BCUT2D eigenvalue weighted by atomic mass is 35.5. The number of hydrogen-bond acceptors (Lipinski definition) is 3. The Bertz CT molecular complexity index is 970. The molecule has 2 aromatic heterocycles. The number of nitrogens with one attached hydrogen (secondary N) is 2. The van der Waals surface area contributed by atoms with Gasteiger partial charge in [-0.25, -0.2) is 9.98 Å². The number of halogens is 1. The summed E-state index contributed by atoms with van der Waals surface area (Å²) in [7, 11) is 0. The summed E-state index contributed by atoms with van der Waals surface area (Å²) in [6.45, 7) is 0. The molecular weight excluding hydrogens is 312 g/mol. The maximum atomic E-state index is 12.1. The minimum absolute atomic E-state index is 0.229. The van der Waals surface area contributed by atoms with E-state index >= 15 is 0 Å². The van der Waals surface area contributed by atoms with Gasteiger partial charge in [0, 0.05) is 33.9 Å². The minimum atomic E-state index is -0.229. The molecule has 0 bridgehead atoms. The maximum Gasteiger partial charge on any atom is 0.275 e. The summed E-state index contributed by atoms with van der Waals surface area (Å²) in [6.07, 6.45) is 5.28. The molecule has 3 aromatic rings. The fourth-order valence-electron chi connectivity index (χ4n) is 2.46. The first-order valence-electron chi connectivity index (χ1n) is 7.00. The van der Waals surface area contributed by atoms with Crippen molar-refractivity contribution in [2.24, 2.45) is 4.99 Å². The van der Waals surface area contributed by atoms with Crippen LogP contribution < -0.4 is 5.32 Å². The van der Waals surface area contributed by atoms with Crippen LogP contribution in [0.1, 0.15) is 11.1 Å². The average molecular weight is 323 g/mol. The van der Waals surface area contributed by atoms with Gasteiger partial charge in [-0.1, -0.05) is 11.6 Å². The van der Waals surface area contributed by atoms with Crippen molar-refractivity contribution in [1.82, 2.24) is 15.3 Å². The third kappa shape index (κ3) is 2.51. The van der Waals surface area contributed by atoms with Crippen LogP contribution in [0.5, 0.6) is 0 Å². The van der Waals surface area contributed by atoms with Gasteiger partial charge in [0.2, 0.25) is 0 Å². The van der Waals surface area contributed by atoms with Gasteiger partial charge in [-0.15, -0.1) is 0 Å². The van der Waals surface area contributed by atoms with Crippen molar-refractivity contribution in [2.75, 3.05) is 0 Å². The Hall–Kier alpha value is -2.92. The molecule has 0 unspecified atom stereocenters. The summed E-state index contributed by atoms with van der Waals surface area (Å²) >= 11 is 5.88. The van der Waals surface area contributed by atoms with Crippen molar-refractivity contribution in [3.05, 3.63) is 70.6 Å². The maximum absolute atomic E-state index is 12.1. The summed E-state index contributed by atoms with van der Waals surface area (Å²) in [4.78, 5) is 23.8. The van der Waals surface area contributed by atoms with Gasteiger partial charge >= 0.3 is 0 Å². The van der Waals surface area contributed by atoms with Gasteiger partial charge in [0.25, 0.3) is 5.91 Å². The Morgan fingerprint density at radius 1 is 1.13 bits per heavy atom. The molecule has 6 heteroatoms. The third-order valence-corrected chi connectivity index (χ3v) is 3.84. The number of rotatable bonds is 2. The van der Waals surface area contributed by atoms with E-state index in [1.165, 1.54) is 0 Å². The first-order chi connectivity index (χ1) is 11.2. The number of H-pyrrole nitrogens is 1. The van der Waals surface area contributed by atoms with Crippen molar-refractivity contribution < 1.29 is 4.79 Å². The van der Waals surface area contributed by atoms with Crippen LogP contribution >= 0.6 is 11.6 Å². The van der Waals surface area contributed by atoms with Crippen LogP contribution in [0.2, 0.25) is 5.02 Å². The molecule has 112 valence electrons. The van der Waals surface area contributed by atoms with Crippen molar-refractivity contribution in [2.45, 2.75) is 0 Å². The second kappa shape index (κ2) is 5.37. The molecule has 1 aliphatic heterocycles. The number of aromatic nitrogens is 2. The molecule has 23 heavy (non-hydrogen) atoms. The van der Waals surface area contributed by atoms with Gasteiger partial charge in [-0.2, -0.15) is 0 Å². The SMILES string of the molecule is O=C1NC(c2ccc(Cl)cc2)=N/C1=C\c1c[nH]c2ncccc12. The number of carbonyl (C=O) groups excluding carboxylic acids is 1. The van der Waals surface area contributed by atoms with E-state index < -0.39 is 0 Å². The monoisotopic (exact) mass is 322 g/mol. The zero-order valence-electron chi connectivity index (χ0n) is 11.9. The molecule has 0 fully saturated rings. The molecule has 3 heterocycles. The number of carbonyl (C=O) groups is 1. The van der Waals surface area contributed by atoms with Gasteiger partial charge in [-0.3, -0.25) is 4.79 Å². The Morgan fingerprint density at radius 3 is 2.78 bits per heavy atom. The Morgan fingerprint density at radius 2 is 1.96 bits per heavy atom. The molecule has 1 amide bonds. The number of aromatic amines is 1. The highest BCUT2D eigenvalue weighted by molar-refractivity contribution is 6.30. The lowest BCUT2D eigenvalue weighted by Crippen LogP contribution is -2.24. The molecule has 1 aromatic carbocycles. The van der Waals surface area contributed by atoms with E-state index in [1.54, 1.807) is 24.4 Å². The lowest BCUT2D eigenvalue weighted by Gasteiger charge is -1.99. The fourth-order valence-corrected chi connectivity index (χ4v) is 2.58. The molecule has 0 saturated carbocycles. The largest absolute Gasteiger partial charge is 0.346 e. The number of pyridine rings is 1. The van der Waals surface area contributed by atoms with E-state index in [4.69, 9.17) is 11.6 Å². The second-order valence-electron chi connectivity index (χ2n) is 5.09. The first-order valence-corrected chi connectivity index (χ1v) is 7.38.